The number of carboxylic acid groups (broad SMARTS) is 1. The van der Waals surface area contributed by atoms with E-state index in [1.165, 1.54) is 10.9 Å². The number of aromatic nitrogens is 2. The van der Waals surface area contributed by atoms with E-state index in [1.54, 1.807) is 7.05 Å². The van der Waals surface area contributed by atoms with Crippen LogP contribution in [0.4, 0.5) is 0 Å². The SMILES string of the molecule is Cc1ccc(OCc2c(C(=O)O)cnn2C)c(Br)c1. The zero-order valence-corrected chi connectivity index (χ0v) is 12.1. The summed E-state index contributed by atoms with van der Waals surface area (Å²) in [5.74, 6) is -0.335. The molecule has 2 aromatic rings. The van der Waals surface area contributed by atoms with Gasteiger partial charge in [-0.25, -0.2) is 4.79 Å². The van der Waals surface area contributed by atoms with E-state index in [-0.39, 0.29) is 12.2 Å². The minimum atomic E-state index is -1.00. The molecule has 0 radical (unpaired) electrons. The van der Waals surface area contributed by atoms with Gasteiger partial charge in [-0.1, -0.05) is 6.07 Å². The van der Waals surface area contributed by atoms with Crippen molar-refractivity contribution in [3.05, 3.63) is 45.7 Å². The van der Waals surface area contributed by atoms with Gasteiger partial charge in [-0.05, 0) is 40.5 Å². The summed E-state index contributed by atoms with van der Waals surface area (Å²) in [7, 11) is 1.69. The molecule has 0 saturated carbocycles. The Hall–Kier alpha value is -1.82. The molecule has 0 saturated heterocycles. The number of aryl methyl sites for hydroxylation is 2. The highest BCUT2D eigenvalue weighted by atomic mass is 79.9. The maximum absolute atomic E-state index is 11.0. The average Bonchev–Trinajstić information content (AvgIpc) is 2.70. The Kier molecular flexibility index (Phi) is 3.90. The summed E-state index contributed by atoms with van der Waals surface area (Å²) >= 11 is 3.41. The van der Waals surface area contributed by atoms with Crippen LogP contribution in [0.25, 0.3) is 0 Å². The molecular weight excluding hydrogens is 312 g/mol. The van der Waals surface area contributed by atoms with Gasteiger partial charge in [-0.15, -0.1) is 0 Å². The van der Waals surface area contributed by atoms with E-state index in [2.05, 4.69) is 21.0 Å². The molecule has 2 rings (SSSR count). The van der Waals surface area contributed by atoms with Gasteiger partial charge >= 0.3 is 5.97 Å². The van der Waals surface area contributed by atoms with E-state index < -0.39 is 5.97 Å². The van der Waals surface area contributed by atoms with Crippen molar-refractivity contribution in [2.24, 2.45) is 7.05 Å². The molecule has 1 N–H and O–H groups in total. The number of hydrogen-bond donors (Lipinski definition) is 1. The fraction of sp³-hybridized carbons (Fsp3) is 0.231. The third kappa shape index (κ3) is 2.96. The molecule has 0 bridgehead atoms. The van der Waals surface area contributed by atoms with Gasteiger partial charge in [0.1, 0.15) is 17.9 Å². The number of hydrogen-bond acceptors (Lipinski definition) is 3. The van der Waals surface area contributed by atoms with Crippen LogP contribution >= 0.6 is 15.9 Å². The molecular formula is C13H13BrN2O3. The largest absolute Gasteiger partial charge is 0.486 e. The van der Waals surface area contributed by atoms with Crippen molar-refractivity contribution < 1.29 is 14.6 Å². The number of rotatable bonds is 4. The van der Waals surface area contributed by atoms with Crippen LogP contribution in [0.3, 0.4) is 0 Å². The lowest BCUT2D eigenvalue weighted by molar-refractivity contribution is 0.0693. The van der Waals surface area contributed by atoms with Crippen molar-refractivity contribution in [2.45, 2.75) is 13.5 Å². The second-order valence-electron chi connectivity index (χ2n) is 4.16. The zero-order chi connectivity index (χ0) is 14.0. The van der Waals surface area contributed by atoms with Crippen LogP contribution in [0.1, 0.15) is 21.6 Å². The lowest BCUT2D eigenvalue weighted by atomic mass is 10.2. The smallest absolute Gasteiger partial charge is 0.339 e. The molecule has 1 aromatic carbocycles. The van der Waals surface area contributed by atoms with Gasteiger partial charge in [0.05, 0.1) is 16.4 Å². The lowest BCUT2D eigenvalue weighted by Gasteiger charge is -2.09. The van der Waals surface area contributed by atoms with Gasteiger partial charge in [0, 0.05) is 7.05 Å². The highest BCUT2D eigenvalue weighted by molar-refractivity contribution is 9.10. The van der Waals surface area contributed by atoms with Crippen molar-refractivity contribution in [1.82, 2.24) is 9.78 Å². The molecule has 1 aromatic heterocycles. The second-order valence-corrected chi connectivity index (χ2v) is 5.01. The number of carbonyl (C=O) groups is 1. The Morgan fingerprint density at radius 1 is 1.53 bits per heavy atom. The Labute approximate surface area is 118 Å². The Morgan fingerprint density at radius 2 is 2.26 bits per heavy atom. The first-order valence-corrected chi connectivity index (χ1v) is 6.41. The van der Waals surface area contributed by atoms with Crippen LogP contribution in [-0.2, 0) is 13.7 Å². The van der Waals surface area contributed by atoms with Crippen LogP contribution in [0.2, 0.25) is 0 Å². The van der Waals surface area contributed by atoms with Crippen LogP contribution in [0.15, 0.2) is 28.9 Å². The summed E-state index contributed by atoms with van der Waals surface area (Å²) in [6.45, 7) is 2.14. The maximum Gasteiger partial charge on any atom is 0.339 e. The van der Waals surface area contributed by atoms with Crippen LogP contribution in [-0.4, -0.2) is 20.9 Å². The quantitative estimate of drug-likeness (QED) is 0.939. The summed E-state index contributed by atoms with van der Waals surface area (Å²) in [5.41, 5.74) is 1.80. The normalized spacial score (nSPS) is 10.5. The van der Waals surface area contributed by atoms with E-state index >= 15 is 0 Å². The number of benzene rings is 1. The number of ether oxygens (including phenoxy) is 1. The first kappa shape index (κ1) is 13.6. The van der Waals surface area contributed by atoms with Crippen molar-refractivity contribution >= 4 is 21.9 Å². The summed E-state index contributed by atoms with van der Waals surface area (Å²) in [6, 6.07) is 5.72. The van der Waals surface area contributed by atoms with Gasteiger partial charge in [-0.3, -0.25) is 4.68 Å². The van der Waals surface area contributed by atoms with Gasteiger partial charge in [-0.2, -0.15) is 5.10 Å². The fourth-order valence-corrected chi connectivity index (χ4v) is 2.29. The van der Waals surface area contributed by atoms with Gasteiger partial charge in [0.2, 0.25) is 0 Å². The first-order chi connectivity index (χ1) is 8.99. The molecule has 0 unspecified atom stereocenters. The average molecular weight is 325 g/mol. The van der Waals surface area contributed by atoms with E-state index in [4.69, 9.17) is 9.84 Å². The number of aromatic carboxylic acids is 1. The molecule has 0 spiro atoms. The minimum absolute atomic E-state index is 0.153. The topological polar surface area (TPSA) is 64.3 Å². The highest BCUT2D eigenvalue weighted by Gasteiger charge is 2.15. The van der Waals surface area contributed by atoms with Crippen LogP contribution < -0.4 is 4.74 Å². The Balaban J connectivity index is 2.19. The Morgan fingerprint density at radius 3 is 2.89 bits per heavy atom. The third-order valence-corrected chi connectivity index (χ3v) is 3.36. The molecule has 100 valence electrons. The van der Waals surface area contributed by atoms with Gasteiger partial charge in [0.25, 0.3) is 0 Å². The summed E-state index contributed by atoms with van der Waals surface area (Å²) in [4.78, 5) is 11.0. The van der Waals surface area contributed by atoms with E-state index in [1.807, 2.05) is 25.1 Å². The fourth-order valence-electron chi connectivity index (χ4n) is 1.68. The van der Waals surface area contributed by atoms with Gasteiger partial charge in [0.15, 0.2) is 0 Å². The second kappa shape index (κ2) is 5.44. The molecule has 0 atom stereocenters. The minimum Gasteiger partial charge on any atom is -0.486 e. The molecule has 6 heteroatoms. The monoisotopic (exact) mass is 324 g/mol. The molecule has 0 amide bonds. The predicted octanol–water partition coefficient (Wildman–Crippen LogP) is 2.77. The van der Waals surface area contributed by atoms with E-state index in [0.717, 1.165) is 10.0 Å². The van der Waals surface area contributed by atoms with Crippen LogP contribution in [0.5, 0.6) is 5.75 Å². The number of halogens is 1. The Bertz CT molecular complexity index is 622. The molecule has 1 heterocycles. The number of nitrogens with zero attached hydrogens (tertiary/aromatic N) is 2. The summed E-state index contributed by atoms with van der Waals surface area (Å²) < 4.78 is 7.98. The number of carboxylic acids is 1. The molecule has 19 heavy (non-hydrogen) atoms. The van der Waals surface area contributed by atoms with Crippen molar-refractivity contribution in [2.75, 3.05) is 0 Å². The van der Waals surface area contributed by atoms with Crippen molar-refractivity contribution in [3.63, 3.8) is 0 Å². The van der Waals surface area contributed by atoms with Crippen LogP contribution in [0, 0.1) is 6.92 Å². The van der Waals surface area contributed by atoms with Gasteiger partial charge < -0.3 is 9.84 Å². The molecule has 0 aliphatic rings. The van der Waals surface area contributed by atoms with Crippen molar-refractivity contribution in [3.8, 4) is 5.75 Å². The first-order valence-electron chi connectivity index (χ1n) is 5.62. The van der Waals surface area contributed by atoms with E-state index in [0.29, 0.717) is 11.4 Å². The summed E-state index contributed by atoms with van der Waals surface area (Å²) in [6.07, 6.45) is 1.32. The molecule has 0 aliphatic carbocycles. The maximum atomic E-state index is 11.0. The predicted molar refractivity (Wildman–Crippen MR) is 73.4 cm³/mol. The molecule has 0 aliphatic heterocycles. The van der Waals surface area contributed by atoms with Crippen molar-refractivity contribution in [1.29, 1.82) is 0 Å². The highest BCUT2D eigenvalue weighted by Crippen LogP contribution is 2.26. The zero-order valence-electron chi connectivity index (χ0n) is 10.6. The standard InChI is InChI=1S/C13H13BrN2O3/c1-8-3-4-12(10(14)5-8)19-7-11-9(13(17)18)6-15-16(11)2/h3-6H,7H2,1-2H3,(H,17,18). The third-order valence-electron chi connectivity index (χ3n) is 2.74. The summed E-state index contributed by atoms with van der Waals surface area (Å²) in [5, 5.41) is 13.0. The molecule has 5 nitrogen and oxygen atoms in total. The van der Waals surface area contributed by atoms with E-state index in [9.17, 15) is 4.79 Å². The molecule has 0 fully saturated rings. The lowest BCUT2D eigenvalue weighted by Crippen LogP contribution is -2.08.